The molecule has 5 nitrogen and oxygen atoms in total. The zero-order valence-electron chi connectivity index (χ0n) is 15.5. The van der Waals surface area contributed by atoms with Gasteiger partial charge in [0.15, 0.2) is 0 Å². The third kappa shape index (κ3) is 4.61. The van der Waals surface area contributed by atoms with E-state index in [1.54, 1.807) is 30.3 Å². The molecule has 0 saturated heterocycles. The first-order valence-electron chi connectivity index (χ1n) is 9.13. The smallest absolute Gasteiger partial charge is 0.255 e. The average Bonchev–Trinajstić information content (AvgIpc) is 2.58. The summed E-state index contributed by atoms with van der Waals surface area (Å²) in [5.74, 6) is 0.324. The quantitative estimate of drug-likeness (QED) is 0.730. The van der Waals surface area contributed by atoms with Gasteiger partial charge < -0.3 is 15.4 Å². The van der Waals surface area contributed by atoms with Gasteiger partial charge in [-0.1, -0.05) is 18.0 Å². The molecule has 1 saturated carbocycles. The van der Waals surface area contributed by atoms with Crippen LogP contribution < -0.4 is 15.4 Å². The highest BCUT2D eigenvalue weighted by atomic mass is 35.5. The molecule has 0 aromatic heterocycles. The van der Waals surface area contributed by atoms with E-state index in [0.29, 0.717) is 34.3 Å². The molecule has 1 aliphatic rings. The van der Waals surface area contributed by atoms with Gasteiger partial charge >= 0.3 is 0 Å². The first kappa shape index (κ1) is 19.2. The molecule has 2 amide bonds. The molecular weight excluding hydrogens is 364 g/mol. The Hall–Kier alpha value is -2.53. The van der Waals surface area contributed by atoms with Crippen molar-refractivity contribution in [1.82, 2.24) is 0 Å². The lowest BCUT2D eigenvalue weighted by Gasteiger charge is -2.24. The van der Waals surface area contributed by atoms with Crippen molar-refractivity contribution >= 4 is 34.8 Å². The summed E-state index contributed by atoms with van der Waals surface area (Å²) in [6, 6.07) is 10.4. The maximum atomic E-state index is 12.6. The number of rotatable bonds is 6. The SMILES string of the molecule is CCOc1ccc(C(=O)Nc2ccc(Cl)c(C)c2)cc1NC(=O)C1CCC1. The van der Waals surface area contributed by atoms with Gasteiger partial charge in [0, 0.05) is 22.2 Å². The lowest BCUT2D eigenvalue weighted by molar-refractivity contribution is -0.122. The Morgan fingerprint density at radius 3 is 2.56 bits per heavy atom. The second-order valence-corrected chi connectivity index (χ2v) is 7.09. The lowest BCUT2D eigenvalue weighted by atomic mass is 9.85. The lowest BCUT2D eigenvalue weighted by Crippen LogP contribution is -2.28. The van der Waals surface area contributed by atoms with Crippen molar-refractivity contribution in [2.24, 2.45) is 5.92 Å². The van der Waals surface area contributed by atoms with Gasteiger partial charge in [-0.3, -0.25) is 9.59 Å². The minimum absolute atomic E-state index is 0.0203. The van der Waals surface area contributed by atoms with E-state index in [1.807, 2.05) is 19.9 Å². The summed E-state index contributed by atoms with van der Waals surface area (Å²) in [7, 11) is 0. The topological polar surface area (TPSA) is 67.4 Å². The third-order valence-electron chi connectivity index (χ3n) is 4.69. The zero-order valence-corrected chi connectivity index (χ0v) is 16.2. The van der Waals surface area contributed by atoms with Gasteiger partial charge in [-0.25, -0.2) is 0 Å². The molecule has 0 heterocycles. The molecule has 1 aliphatic carbocycles. The number of nitrogens with one attached hydrogen (secondary N) is 2. The standard InChI is InChI=1S/C21H23ClN2O3/c1-3-27-19-10-7-15(12-18(19)24-20(25)14-5-4-6-14)21(26)23-16-8-9-17(22)13(2)11-16/h7-12,14H,3-6H2,1-2H3,(H,23,26)(H,24,25). The van der Waals surface area contributed by atoms with E-state index in [1.165, 1.54) is 0 Å². The summed E-state index contributed by atoms with van der Waals surface area (Å²) in [5.41, 5.74) is 2.51. The molecular formula is C21H23ClN2O3. The van der Waals surface area contributed by atoms with E-state index < -0.39 is 0 Å². The van der Waals surface area contributed by atoms with E-state index in [4.69, 9.17) is 16.3 Å². The van der Waals surface area contributed by atoms with E-state index >= 15 is 0 Å². The summed E-state index contributed by atoms with van der Waals surface area (Å²) in [6.45, 7) is 4.23. The first-order valence-corrected chi connectivity index (χ1v) is 9.51. The van der Waals surface area contributed by atoms with E-state index in [-0.39, 0.29) is 17.7 Å². The number of halogens is 1. The van der Waals surface area contributed by atoms with Gasteiger partial charge in [0.2, 0.25) is 5.91 Å². The van der Waals surface area contributed by atoms with Crippen molar-refractivity contribution in [3.8, 4) is 5.75 Å². The van der Waals surface area contributed by atoms with Crippen LogP contribution >= 0.6 is 11.6 Å². The third-order valence-corrected chi connectivity index (χ3v) is 5.12. The monoisotopic (exact) mass is 386 g/mol. The summed E-state index contributed by atoms with van der Waals surface area (Å²) < 4.78 is 5.59. The zero-order chi connectivity index (χ0) is 19.4. The van der Waals surface area contributed by atoms with Gasteiger partial charge in [-0.15, -0.1) is 0 Å². The first-order chi connectivity index (χ1) is 13.0. The number of anilines is 2. The highest BCUT2D eigenvalue weighted by Gasteiger charge is 2.26. The van der Waals surface area contributed by atoms with E-state index in [0.717, 1.165) is 24.8 Å². The minimum atomic E-state index is -0.265. The normalized spacial score (nSPS) is 13.6. The van der Waals surface area contributed by atoms with E-state index in [2.05, 4.69) is 10.6 Å². The van der Waals surface area contributed by atoms with Crippen LogP contribution in [-0.2, 0) is 4.79 Å². The molecule has 2 aromatic carbocycles. The van der Waals surface area contributed by atoms with Crippen molar-refractivity contribution in [3.05, 3.63) is 52.5 Å². The molecule has 0 aliphatic heterocycles. The number of carbonyl (C=O) groups is 2. The van der Waals surface area contributed by atoms with Gasteiger partial charge in [0.05, 0.1) is 12.3 Å². The average molecular weight is 387 g/mol. The summed E-state index contributed by atoms with van der Waals surface area (Å²) in [5, 5.41) is 6.41. The molecule has 2 N–H and O–H groups in total. The maximum Gasteiger partial charge on any atom is 0.255 e. The Bertz CT molecular complexity index is 863. The van der Waals surface area contributed by atoms with Crippen LogP contribution in [-0.4, -0.2) is 18.4 Å². The molecule has 6 heteroatoms. The summed E-state index contributed by atoms with van der Waals surface area (Å²) >= 11 is 6.03. The van der Waals surface area contributed by atoms with E-state index in [9.17, 15) is 9.59 Å². The number of aryl methyl sites for hydroxylation is 1. The Balaban J connectivity index is 1.79. The number of hydrogen-bond donors (Lipinski definition) is 2. The second kappa shape index (κ2) is 8.44. The Kier molecular flexibility index (Phi) is 6.01. The Morgan fingerprint density at radius 2 is 1.93 bits per heavy atom. The van der Waals surface area contributed by atoms with Crippen LogP contribution in [0.5, 0.6) is 5.75 Å². The predicted molar refractivity (Wildman–Crippen MR) is 108 cm³/mol. The van der Waals surface area contributed by atoms with Crippen molar-refractivity contribution in [1.29, 1.82) is 0 Å². The second-order valence-electron chi connectivity index (χ2n) is 6.68. The fourth-order valence-electron chi connectivity index (χ4n) is 2.88. The number of amides is 2. The molecule has 1 fully saturated rings. The van der Waals surface area contributed by atoms with Crippen LogP contribution in [0.2, 0.25) is 5.02 Å². The fraction of sp³-hybridized carbons (Fsp3) is 0.333. The summed E-state index contributed by atoms with van der Waals surface area (Å²) in [4.78, 5) is 24.9. The van der Waals surface area contributed by atoms with Gasteiger partial charge in [-0.05, 0) is 68.7 Å². The van der Waals surface area contributed by atoms with Crippen LogP contribution in [0, 0.1) is 12.8 Å². The van der Waals surface area contributed by atoms with Crippen LogP contribution in [0.25, 0.3) is 0 Å². The minimum Gasteiger partial charge on any atom is -0.492 e. The van der Waals surface area contributed by atoms with Gasteiger partial charge in [0.1, 0.15) is 5.75 Å². The molecule has 0 radical (unpaired) electrons. The van der Waals surface area contributed by atoms with Crippen molar-refractivity contribution in [3.63, 3.8) is 0 Å². The Morgan fingerprint density at radius 1 is 1.15 bits per heavy atom. The van der Waals surface area contributed by atoms with Crippen LogP contribution in [0.1, 0.15) is 42.1 Å². The number of ether oxygens (including phenoxy) is 1. The molecule has 3 rings (SSSR count). The number of carbonyl (C=O) groups excluding carboxylic acids is 2. The molecule has 2 aromatic rings. The van der Waals surface area contributed by atoms with Gasteiger partial charge in [-0.2, -0.15) is 0 Å². The largest absolute Gasteiger partial charge is 0.492 e. The van der Waals surface area contributed by atoms with Crippen molar-refractivity contribution in [2.45, 2.75) is 33.1 Å². The predicted octanol–water partition coefficient (Wildman–Crippen LogP) is 5.04. The van der Waals surface area contributed by atoms with Crippen molar-refractivity contribution in [2.75, 3.05) is 17.2 Å². The highest BCUT2D eigenvalue weighted by Crippen LogP contribution is 2.31. The van der Waals surface area contributed by atoms with Crippen LogP contribution in [0.15, 0.2) is 36.4 Å². The number of benzene rings is 2. The van der Waals surface area contributed by atoms with Gasteiger partial charge in [0.25, 0.3) is 5.91 Å². The van der Waals surface area contributed by atoms with Crippen LogP contribution in [0.4, 0.5) is 11.4 Å². The number of hydrogen-bond acceptors (Lipinski definition) is 3. The molecule has 142 valence electrons. The molecule has 27 heavy (non-hydrogen) atoms. The molecule has 0 unspecified atom stereocenters. The fourth-order valence-corrected chi connectivity index (χ4v) is 3.00. The summed E-state index contributed by atoms with van der Waals surface area (Å²) in [6.07, 6.45) is 2.90. The Labute approximate surface area is 164 Å². The van der Waals surface area contributed by atoms with Crippen LogP contribution in [0.3, 0.4) is 0 Å². The molecule has 0 atom stereocenters. The molecule has 0 spiro atoms. The van der Waals surface area contributed by atoms with Crippen molar-refractivity contribution < 1.29 is 14.3 Å². The highest BCUT2D eigenvalue weighted by molar-refractivity contribution is 6.31. The maximum absolute atomic E-state index is 12.6. The molecule has 0 bridgehead atoms.